The predicted octanol–water partition coefficient (Wildman–Crippen LogP) is 3.35. The smallest absolute Gasteiger partial charge is 0.163 e. The van der Waals surface area contributed by atoms with Gasteiger partial charge in [0.25, 0.3) is 0 Å². The molecule has 0 saturated heterocycles. The summed E-state index contributed by atoms with van der Waals surface area (Å²) in [6.45, 7) is 5.21. The fourth-order valence-electron chi connectivity index (χ4n) is 2.60. The average Bonchev–Trinajstić information content (AvgIpc) is 3.26. The fraction of sp³-hybridized carbons (Fsp3) is 0.625. The second-order valence-corrected chi connectivity index (χ2v) is 5.61. The predicted molar refractivity (Wildman–Crippen MR) is 77.6 cm³/mol. The number of rotatable bonds is 8. The molecule has 0 bridgehead atoms. The number of hydrogen-bond donors (Lipinski definition) is 1. The zero-order chi connectivity index (χ0) is 14.5. The topological polar surface area (TPSA) is 15.3 Å². The minimum atomic E-state index is -0.770. The van der Waals surface area contributed by atoms with Crippen LogP contribution in [-0.2, 0) is 0 Å². The van der Waals surface area contributed by atoms with Crippen LogP contribution in [0.3, 0.4) is 0 Å². The molecule has 1 unspecified atom stereocenters. The van der Waals surface area contributed by atoms with E-state index in [1.165, 1.54) is 12.8 Å². The van der Waals surface area contributed by atoms with Crippen molar-refractivity contribution in [3.05, 3.63) is 35.4 Å². The second kappa shape index (κ2) is 7.14. The van der Waals surface area contributed by atoms with Crippen LogP contribution in [-0.4, -0.2) is 31.6 Å². The van der Waals surface area contributed by atoms with Crippen molar-refractivity contribution in [3.63, 3.8) is 0 Å². The molecule has 2 rings (SSSR count). The van der Waals surface area contributed by atoms with E-state index in [1.54, 1.807) is 19.2 Å². The van der Waals surface area contributed by atoms with Crippen LogP contribution < -0.4 is 5.32 Å². The SMILES string of the molecule is CCN(CCC(NC)c1cccc(F)c1F)CC1CC1. The van der Waals surface area contributed by atoms with E-state index in [0.29, 0.717) is 5.56 Å². The Morgan fingerprint density at radius 1 is 1.35 bits per heavy atom. The molecule has 0 aromatic heterocycles. The van der Waals surface area contributed by atoms with E-state index in [4.69, 9.17) is 0 Å². The molecule has 4 heteroatoms. The highest BCUT2D eigenvalue weighted by Crippen LogP contribution is 2.30. The van der Waals surface area contributed by atoms with Crippen LogP contribution in [0.15, 0.2) is 18.2 Å². The summed E-state index contributed by atoms with van der Waals surface area (Å²) in [6.07, 6.45) is 3.46. The number of nitrogens with zero attached hydrogens (tertiary/aromatic N) is 1. The molecular weight excluding hydrogens is 258 g/mol. The van der Waals surface area contributed by atoms with Gasteiger partial charge in [0.1, 0.15) is 0 Å². The maximum Gasteiger partial charge on any atom is 0.163 e. The Morgan fingerprint density at radius 3 is 2.70 bits per heavy atom. The molecule has 0 spiro atoms. The molecule has 1 saturated carbocycles. The molecule has 1 fully saturated rings. The van der Waals surface area contributed by atoms with Gasteiger partial charge >= 0.3 is 0 Å². The zero-order valence-electron chi connectivity index (χ0n) is 12.3. The van der Waals surface area contributed by atoms with Gasteiger partial charge in [-0.3, -0.25) is 0 Å². The number of hydrogen-bond acceptors (Lipinski definition) is 2. The van der Waals surface area contributed by atoms with Gasteiger partial charge in [0.05, 0.1) is 0 Å². The Kier molecular flexibility index (Phi) is 5.49. The molecule has 20 heavy (non-hydrogen) atoms. The Bertz CT molecular complexity index is 432. The van der Waals surface area contributed by atoms with Crippen LogP contribution in [0.25, 0.3) is 0 Å². The largest absolute Gasteiger partial charge is 0.313 e. The van der Waals surface area contributed by atoms with Crippen molar-refractivity contribution in [2.75, 3.05) is 26.7 Å². The van der Waals surface area contributed by atoms with Gasteiger partial charge < -0.3 is 10.2 Å². The van der Waals surface area contributed by atoms with Crippen molar-refractivity contribution in [2.24, 2.45) is 5.92 Å². The van der Waals surface area contributed by atoms with E-state index in [-0.39, 0.29) is 6.04 Å². The summed E-state index contributed by atoms with van der Waals surface area (Å²) in [6, 6.07) is 4.26. The first-order valence-electron chi connectivity index (χ1n) is 7.49. The lowest BCUT2D eigenvalue weighted by atomic mass is 10.0. The highest BCUT2D eigenvalue weighted by atomic mass is 19.2. The van der Waals surface area contributed by atoms with Gasteiger partial charge in [-0.2, -0.15) is 0 Å². The average molecular weight is 282 g/mol. The maximum absolute atomic E-state index is 13.8. The zero-order valence-corrected chi connectivity index (χ0v) is 12.3. The quantitative estimate of drug-likeness (QED) is 0.786. The Labute approximate surface area is 120 Å². The normalized spacial score (nSPS) is 16.6. The summed E-state index contributed by atoms with van der Waals surface area (Å²) in [5.41, 5.74) is 0.426. The van der Waals surface area contributed by atoms with Crippen LogP contribution in [0.5, 0.6) is 0 Å². The lowest BCUT2D eigenvalue weighted by Crippen LogP contribution is -2.30. The summed E-state index contributed by atoms with van der Waals surface area (Å²) >= 11 is 0. The molecule has 0 radical (unpaired) electrons. The summed E-state index contributed by atoms with van der Waals surface area (Å²) in [5.74, 6) is -0.640. The minimum absolute atomic E-state index is 0.140. The Hall–Kier alpha value is -1.00. The van der Waals surface area contributed by atoms with Gasteiger partial charge in [-0.15, -0.1) is 0 Å². The van der Waals surface area contributed by atoms with Gasteiger partial charge in [-0.1, -0.05) is 19.1 Å². The number of halogens is 2. The molecule has 1 aliphatic carbocycles. The van der Waals surface area contributed by atoms with Crippen molar-refractivity contribution in [2.45, 2.75) is 32.2 Å². The molecule has 1 aliphatic rings. The van der Waals surface area contributed by atoms with Crippen molar-refractivity contribution in [1.29, 1.82) is 0 Å². The van der Waals surface area contributed by atoms with Crippen LogP contribution in [0.4, 0.5) is 8.78 Å². The molecule has 0 amide bonds. The van der Waals surface area contributed by atoms with E-state index in [0.717, 1.165) is 38.0 Å². The highest BCUT2D eigenvalue weighted by molar-refractivity contribution is 5.22. The molecule has 1 aromatic rings. The fourth-order valence-corrected chi connectivity index (χ4v) is 2.60. The van der Waals surface area contributed by atoms with E-state index < -0.39 is 11.6 Å². The summed E-state index contributed by atoms with van der Waals surface area (Å²) in [4.78, 5) is 2.40. The molecule has 0 aliphatic heterocycles. The molecular formula is C16H24F2N2. The standard InChI is InChI=1S/C16H24F2N2/c1-3-20(11-12-7-8-12)10-9-15(19-2)13-5-4-6-14(17)16(13)18/h4-6,12,15,19H,3,7-11H2,1-2H3. The van der Waals surface area contributed by atoms with Crippen LogP contribution in [0.2, 0.25) is 0 Å². The van der Waals surface area contributed by atoms with Gasteiger partial charge in [-0.25, -0.2) is 8.78 Å². The highest BCUT2D eigenvalue weighted by Gasteiger charge is 2.24. The molecule has 2 nitrogen and oxygen atoms in total. The van der Waals surface area contributed by atoms with Crippen molar-refractivity contribution in [3.8, 4) is 0 Å². The number of nitrogens with one attached hydrogen (secondary N) is 1. The third-order valence-electron chi connectivity index (χ3n) is 4.10. The van der Waals surface area contributed by atoms with E-state index >= 15 is 0 Å². The van der Waals surface area contributed by atoms with Crippen molar-refractivity contribution in [1.82, 2.24) is 10.2 Å². The molecule has 1 N–H and O–H groups in total. The second-order valence-electron chi connectivity index (χ2n) is 5.61. The first kappa shape index (κ1) is 15.4. The van der Waals surface area contributed by atoms with Gasteiger partial charge in [0.2, 0.25) is 0 Å². The van der Waals surface area contributed by atoms with Crippen LogP contribution in [0, 0.1) is 17.6 Å². The summed E-state index contributed by atoms with van der Waals surface area (Å²) in [5, 5.41) is 3.10. The van der Waals surface area contributed by atoms with Crippen LogP contribution in [0.1, 0.15) is 37.8 Å². The molecule has 0 heterocycles. The first-order chi connectivity index (χ1) is 9.65. The Balaban J connectivity index is 1.95. The minimum Gasteiger partial charge on any atom is -0.313 e. The third-order valence-corrected chi connectivity index (χ3v) is 4.10. The van der Waals surface area contributed by atoms with Gasteiger partial charge in [0, 0.05) is 18.2 Å². The van der Waals surface area contributed by atoms with E-state index in [9.17, 15) is 8.78 Å². The first-order valence-corrected chi connectivity index (χ1v) is 7.49. The number of benzene rings is 1. The molecule has 112 valence electrons. The maximum atomic E-state index is 13.8. The van der Waals surface area contributed by atoms with Crippen LogP contribution >= 0.6 is 0 Å². The monoisotopic (exact) mass is 282 g/mol. The summed E-state index contributed by atoms with van der Waals surface area (Å²) < 4.78 is 27.1. The molecule has 1 atom stereocenters. The third kappa shape index (κ3) is 4.00. The Morgan fingerprint density at radius 2 is 2.10 bits per heavy atom. The summed E-state index contributed by atoms with van der Waals surface area (Å²) in [7, 11) is 1.80. The lowest BCUT2D eigenvalue weighted by Gasteiger charge is -2.24. The molecule has 1 aromatic carbocycles. The van der Waals surface area contributed by atoms with Crippen molar-refractivity contribution >= 4 is 0 Å². The lowest BCUT2D eigenvalue weighted by molar-refractivity contribution is 0.259. The van der Waals surface area contributed by atoms with E-state index in [2.05, 4.69) is 17.1 Å². The van der Waals surface area contributed by atoms with E-state index in [1.807, 2.05) is 0 Å². The van der Waals surface area contributed by atoms with Gasteiger partial charge in [0.15, 0.2) is 11.6 Å². The van der Waals surface area contributed by atoms with Gasteiger partial charge in [-0.05, 0) is 51.4 Å². The van der Waals surface area contributed by atoms with Crippen molar-refractivity contribution < 1.29 is 8.78 Å².